The standard InChI is InChI=1S/C19H24O10/c20-11-12(21)19(29-15-10-6-24-16(15)13(22)17(23)26-10)27-9-7-25-18(28-14(9)11)8-4-2-1-3-5-8/h1-5,9-23H,6-7H2/t9-,10-,11-,12-,13-,14-,15-,16-,17-,18-,19+/m1/s1. The van der Waals surface area contributed by atoms with Crippen molar-refractivity contribution in [2.75, 3.05) is 13.2 Å². The van der Waals surface area contributed by atoms with Gasteiger partial charge in [0, 0.05) is 5.56 Å². The van der Waals surface area contributed by atoms with E-state index < -0.39 is 67.7 Å². The number of aliphatic hydroxyl groups excluding tert-OH is 4. The Kier molecular flexibility index (Phi) is 5.33. The topological polar surface area (TPSA) is 136 Å². The van der Waals surface area contributed by atoms with Crippen LogP contribution in [0.4, 0.5) is 0 Å². The van der Waals surface area contributed by atoms with E-state index in [1.807, 2.05) is 30.3 Å². The maximum Gasteiger partial charge on any atom is 0.187 e. The molecule has 0 saturated carbocycles. The summed E-state index contributed by atoms with van der Waals surface area (Å²) < 4.78 is 33.9. The molecule has 0 spiro atoms. The number of fused-ring (bicyclic) bond motifs is 3. The van der Waals surface area contributed by atoms with Crippen molar-refractivity contribution in [3.63, 3.8) is 0 Å². The normalized spacial score (nSPS) is 49.6. The van der Waals surface area contributed by atoms with Gasteiger partial charge in [-0.1, -0.05) is 30.3 Å². The van der Waals surface area contributed by atoms with E-state index in [1.165, 1.54) is 0 Å². The first-order valence-corrected chi connectivity index (χ1v) is 9.65. The van der Waals surface area contributed by atoms with E-state index in [0.717, 1.165) is 5.56 Å². The van der Waals surface area contributed by atoms with Crippen LogP contribution in [-0.2, 0) is 28.4 Å². The zero-order valence-corrected chi connectivity index (χ0v) is 15.4. The summed E-state index contributed by atoms with van der Waals surface area (Å²) in [6, 6.07) is 9.29. The first kappa shape index (κ1) is 19.8. The summed E-state index contributed by atoms with van der Waals surface area (Å²) in [6.45, 7) is 0.269. The van der Waals surface area contributed by atoms with Gasteiger partial charge in [-0.2, -0.15) is 0 Å². The third kappa shape index (κ3) is 3.49. The molecule has 4 N–H and O–H groups in total. The summed E-state index contributed by atoms with van der Waals surface area (Å²) in [5.74, 6) is 0. The molecule has 4 heterocycles. The van der Waals surface area contributed by atoms with Crippen molar-refractivity contribution < 1.29 is 48.8 Å². The van der Waals surface area contributed by atoms with E-state index in [1.54, 1.807) is 0 Å². The molecule has 160 valence electrons. The Morgan fingerprint density at radius 1 is 0.759 bits per heavy atom. The van der Waals surface area contributed by atoms with Crippen LogP contribution in [0.2, 0.25) is 0 Å². The molecule has 10 nitrogen and oxygen atoms in total. The summed E-state index contributed by atoms with van der Waals surface area (Å²) >= 11 is 0. The fraction of sp³-hybridized carbons (Fsp3) is 0.684. The molecule has 2 bridgehead atoms. The molecular formula is C19H24O10. The van der Waals surface area contributed by atoms with Crippen LogP contribution in [0.25, 0.3) is 0 Å². The van der Waals surface area contributed by atoms with Gasteiger partial charge in [0.2, 0.25) is 0 Å². The van der Waals surface area contributed by atoms with E-state index in [-0.39, 0.29) is 13.2 Å². The fourth-order valence-electron chi connectivity index (χ4n) is 4.23. The summed E-state index contributed by atoms with van der Waals surface area (Å²) in [5.41, 5.74) is 0.798. The van der Waals surface area contributed by atoms with Crippen LogP contribution < -0.4 is 0 Å². The quantitative estimate of drug-likeness (QED) is 0.460. The lowest BCUT2D eigenvalue weighted by Crippen LogP contribution is -2.64. The average molecular weight is 412 g/mol. The van der Waals surface area contributed by atoms with Crippen molar-refractivity contribution in [2.24, 2.45) is 0 Å². The SMILES string of the molecule is O[C@@H]1[C@@H](O)[C@H](O[C@H]2[C@@H]3OC[C@H]2O[C@@H](O)[C@@H]3O)O[C@@H]2CO[C@@H](c3ccccc3)O[C@@H]12. The zero-order chi connectivity index (χ0) is 20.1. The van der Waals surface area contributed by atoms with Crippen LogP contribution in [0.1, 0.15) is 11.9 Å². The molecule has 1 aromatic rings. The number of hydrogen-bond donors (Lipinski definition) is 4. The molecule has 0 aliphatic carbocycles. The van der Waals surface area contributed by atoms with Crippen molar-refractivity contribution in [3.8, 4) is 0 Å². The molecule has 10 heteroatoms. The van der Waals surface area contributed by atoms with Crippen LogP contribution in [0, 0.1) is 0 Å². The van der Waals surface area contributed by atoms with Gasteiger partial charge in [0.1, 0.15) is 48.8 Å². The number of ether oxygens (including phenoxy) is 6. The predicted molar refractivity (Wildman–Crippen MR) is 92.2 cm³/mol. The maximum atomic E-state index is 10.6. The van der Waals surface area contributed by atoms with Gasteiger partial charge in [-0.25, -0.2) is 0 Å². The molecule has 4 aliphatic heterocycles. The molecule has 5 rings (SSSR count). The molecule has 4 fully saturated rings. The molecule has 29 heavy (non-hydrogen) atoms. The molecule has 1 aromatic carbocycles. The summed E-state index contributed by atoms with van der Waals surface area (Å²) in [6.07, 6.45) is -10.9. The van der Waals surface area contributed by atoms with Crippen LogP contribution in [0.3, 0.4) is 0 Å². The third-order valence-electron chi connectivity index (χ3n) is 5.78. The van der Waals surface area contributed by atoms with Crippen molar-refractivity contribution in [1.29, 1.82) is 0 Å². The predicted octanol–water partition coefficient (Wildman–Crippen LogP) is -1.59. The van der Waals surface area contributed by atoms with Crippen LogP contribution in [-0.4, -0.2) is 95.1 Å². The van der Waals surface area contributed by atoms with Gasteiger partial charge in [0.15, 0.2) is 18.9 Å². The van der Waals surface area contributed by atoms with Crippen molar-refractivity contribution in [2.45, 2.75) is 67.7 Å². The van der Waals surface area contributed by atoms with Crippen molar-refractivity contribution >= 4 is 0 Å². The fourth-order valence-corrected chi connectivity index (χ4v) is 4.23. The van der Waals surface area contributed by atoms with E-state index in [9.17, 15) is 20.4 Å². The second-order valence-electron chi connectivity index (χ2n) is 7.66. The number of rotatable bonds is 3. The van der Waals surface area contributed by atoms with Crippen LogP contribution >= 0.6 is 0 Å². The minimum atomic E-state index is -1.39. The van der Waals surface area contributed by atoms with Gasteiger partial charge < -0.3 is 48.8 Å². The molecule has 0 aromatic heterocycles. The number of aliphatic hydroxyl groups is 4. The lowest BCUT2D eigenvalue weighted by atomic mass is 9.97. The second-order valence-corrected chi connectivity index (χ2v) is 7.66. The molecule has 4 aliphatic rings. The summed E-state index contributed by atoms with van der Waals surface area (Å²) in [4.78, 5) is 0. The Labute approximate surface area is 166 Å². The Bertz CT molecular complexity index is 701. The maximum absolute atomic E-state index is 10.6. The number of benzene rings is 1. The Hall–Kier alpha value is -1.18. The monoisotopic (exact) mass is 412 g/mol. The summed E-state index contributed by atoms with van der Waals surface area (Å²) in [7, 11) is 0. The van der Waals surface area contributed by atoms with E-state index in [0.29, 0.717) is 0 Å². The molecular weight excluding hydrogens is 388 g/mol. The molecule has 0 radical (unpaired) electrons. The van der Waals surface area contributed by atoms with Gasteiger partial charge >= 0.3 is 0 Å². The molecule has 4 saturated heterocycles. The highest BCUT2D eigenvalue weighted by molar-refractivity contribution is 5.16. The largest absolute Gasteiger partial charge is 0.387 e. The highest BCUT2D eigenvalue weighted by atomic mass is 16.8. The van der Waals surface area contributed by atoms with E-state index in [4.69, 9.17) is 28.4 Å². The van der Waals surface area contributed by atoms with Gasteiger partial charge in [-0.3, -0.25) is 0 Å². The van der Waals surface area contributed by atoms with Gasteiger partial charge in [-0.05, 0) is 0 Å². The Morgan fingerprint density at radius 3 is 2.31 bits per heavy atom. The second kappa shape index (κ2) is 7.82. The van der Waals surface area contributed by atoms with E-state index in [2.05, 4.69) is 0 Å². The minimum Gasteiger partial charge on any atom is -0.387 e. The third-order valence-corrected chi connectivity index (χ3v) is 5.78. The first-order chi connectivity index (χ1) is 14.0. The average Bonchev–Trinajstić information content (AvgIpc) is 3.06. The Balaban J connectivity index is 1.26. The van der Waals surface area contributed by atoms with Gasteiger partial charge in [0.05, 0.1) is 13.2 Å². The number of hydrogen-bond acceptors (Lipinski definition) is 10. The van der Waals surface area contributed by atoms with Gasteiger partial charge in [-0.15, -0.1) is 0 Å². The minimum absolute atomic E-state index is 0.131. The first-order valence-electron chi connectivity index (χ1n) is 9.65. The van der Waals surface area contributed by atoms with Crippen molar-refractivity contribution in [1.82, 2.24) is 0 Å². The van der Waals surface area contributed by atoms with Crippen LogP contribution in [0.5, 0.6) is 0 Å². The molecule has 11 atom stereocenters. The lowest BCUT2D eigenvalue weighted by Gasteiger charge is -2.47. The lowest BCUT2D eigenvalue weighted by molar-refractivity contribution is -0.376. The highest BCUT2D eigenvalue weighted by Gasteiger charge is 2.55. The molecule has 0 amide bonds. The smallest absolute Gasteiger partial charge is 0.187 e. The zero-order valence-electron chi connectivity index (χ0n) is 15.4. The Morgan fingerprint density at radius 2 is 1.52 bits per heavy atom. The van der Waals surface area contributed by atoms with Gasteiger partial charge in [0.25, 0.3) is 0 Å². The summed E-state index contributed by atoms with van der Waals surface area (Å²) in [5, 5.41) is 40.9. The van der Waals surface area contributed by atoms with Crippen molar-refractivity contribution in [3.05, 3.63) is 35.9 Å². The van der Waals surface area contributed by atoms with E-state index >= 15 is 0 Å². The highest BCUT2D eigenvalue weighted by Crippen LogP contribution is 2.37. The van der Waals surface area contributed by atoms with Crippen LogP contribution in [0.15, 0.2) is 30.3 Å². The molecule has 0 unspecified atom stereocenters.